The lowest BCUT2D eigenvalue weighted by Gasteiger charge is -2.04. The summed E-state index contributed by atoms with van der Waals surface area (Å²) in [6, 6.07) is 0. The Labute approximate surface area is 81.8 Å². The molecule has 2 N–H and O–H groups in total. The normalized spacial score (nSPS) is 9.93. The highest BCUT2D eigenvalue weighted by molar-refractivity contribution is 5.70. The Morgan fingerprint density at radius 2 is 1.93 bits per heavy atom. The summed E-state index contributed by atoms with van der Waals surface area (Å²) in [5, 5.41) is 0. The molecule has 1 aromatic heterocycles. The fourth-order valence-electron chi connectivity index (χ4n) is 1.17. The number of furan rings is 1. The molecule has 1 amide bonds. The van der Waals surface area contributed by atoms with Gasteiger partial charge in [-0.25, -0.2) is 4.79 Å². The Kier molecular flexibility index (Phi) is 3.01. The van der Waals surface area contributed by atoms with Crippen LogP contribution in [0.5, 0.6) is 11.5 Å². The lowest BCUT2D eigenvalue weighted by molar-refractivity contribution is 0.207. The molecule has 0 unspecified atom stereocenters. The van der Waals surface area contributed by atoms with Gasteiger partial charge in [-0.05, 0) is 20.8 Å². The summed E-state index contributed by atoms with van der Waals surface area (Å²) in [4.78, 5) is 10.6. The first-order valence-corrected chi connectivity index (χ1v) is 4.26. The minimum atomic E-state index is -0.880. The summed E-state index contributed by atoms with van der Waals surface area (Å²) in [5.41, 5.74) is 4.91. The standard InChI is InChI=1S/C9H13NO4/c1-4-12-7-5(2)13-6(3)8(7)14-9(10)11/h4H2,1-3H3,(H2,10,11). The van der Waals surface area contributed by atoms with Crippen molar-refractivity contribution in [2.75, 3.05) is 6.61 Å². The van der Waals surface area contributed by atoms with Gasteiger partial charge in [-0.3, -0.25) is 0 Å². The van der Waals surface area contributed by atoms with E-state index in [4.69, 9.17) is 19.6 Å². The van der Waals surface area contributed by atoms with Gasteiger partial charge in [-0.1, -0.05) is 0 Å². The molecule has 0 saturated carbocycles. The van der Waals surface area contributed by atoms with Gasteiger partial charge in [0.05, 0.1) is 6.61 Å². The molecule has 14 heavy (non-hydrogen) atoms. The third kappa shape index (κ3) is 1.99. The van der Waals surface area contributed by atoms with Crippen molar-refractivity contribution in [3.8, 4) is 11.5 Å². The van der Waals surface area contributed by atoms with Crippen LogP contribution in [0.25, 0.3) is 0 Å². The molecule has 1 aromatic rings. The predicted octanol–water partition coefficient (Wildman–Crippen LogP) is 1.75. The smallest absolute Gasteiger partial charge is 0.410 e. The molecule has 0 aliphatic heterocycles. The first-order chi connectivity index (χ1) is 6.56. The Hall–Kier alpha value is -1.65. The fourth-order valence-corrected chi connectivity index (χ4v) is 1.17. The van der Waals surface area contributed by atoms with Crippen LogP contribution < -0.4 is 15.2 Å². The van der Waals surface area contributed by atoms with Gasteiger partial charge in [-0.15, -0.1) is 0 Å². The second-order valence-corrected chi connectivity index (χ2v) is 2.73. The van der Waals surface area contributed by atoms with E-state index in [9.17, 15) is 4.79 Å². The summed E-state index contributed by atoms with van der Waals surface area (Å²) in [6.45, 7) is 5.70. The number of carbonyl (C=O) groups is 1. The zero-order valence-corrected chi connectivity index (χ0v) is 8.42. The number of hydrogen-bond donors (Lipinski definition) is 1. The van der Waals surface area contributed by atoms with Crippen LogP contribution >= 0.6 is 0 Å². The topological polar surface area (TPSA) is 74.7 Å². The van der Waals surface area contributed by atoms with Crippen LogP contribution in [0.15, 0.2) is 4.42 Å². The van der Waals surface area contributed by atoms with Gasteiger partial charge in [0.1, 0.15) is 11.5 Å². The van der Waals surface area contributed by atoms with Crippen LogP contribution in [-0.4, -0.2) is 12.7 Å². The zero-order chi connectivity index (χ0) is 10.7. The van der Waals surface area contributed by atoms with Gasteiger partial charge in [0, 0.05) is 0 Å². The van der Waals surface area contributed by atoms with Crippen molar-refractivity contribution < 1.29 is 18.7 Å². The van der Waals surface area contributed by atoms with E-state index < -0.39 is 6.09 Å². The minimum absolute atomic E-state index is 0.261. The molecule has 5 nitrogen and oxygen atoms in total. The highest BCUT2D eigenvalue weighted by Gasteiger charge is 2.19. The molecule has 0 atom stereocenters. The maximum atomic E-state index is 10.6. The maximum absolute atomic E-state index is 10.6. The molecular weight excluding hydrogens is 186 g/mol. The van der Waals surface area contributed by atoms with Gasteiger partial charge in [0.2, 0.25) is 11.5 Å². The molecule has 0 fully saturated rings. The minimum Gasteiger partial charge on any atom is -0.487 e. The molecule has 0 aromatic carbocycles. The molecule has 1 rings (SSSR count). The van der Waals surface area contributed by atoms with Gasteiger partial charge < -0.3 is 19.6 Å². The number of aryl methyl sites for hydroxylation is 2. The first kappa shape index (κ1) is 10.4. The Morgan fingerprint density at radius 3 is 2.43 bits per heavy atom. The van der Waals surface area contributed by atoms with Crippen molar-refractivity contribution in [3.05, 3.63) is 11.5 Å². The quantitative estimate of drug-likeness (QED) is 0.804. The molecule has 1 heterocycles. The number of amides is 1. The second-order valence-electron chi connectivity index (χ2n) is 2.73. The van der Waals surface area contributed by atoms with Crippen molar-refractivity contribution in [1.29, 1.82) is 0 Å². The van der Waals surface area contributed by atoms with Crippen LogP contribution in [0.4, 0.5) is 4.79 Å². The van der Waals surface area contributed by atoms with Crippen molar-refractivity contribution in [3.63, 3.8) is 0 Å². The lowest BCUT2D eigenvalue weighted by atomic mass is 10.4. The summed E-state index contributed by atoms with van der Waals surface area (Å²) in [5.74, 6) is 1.74. The lowest BCUT2D eigenvalue weighted by Crippen LogP contribution is -2.16. The molecular formula is C9H13NO4. The third-order valence-corrected chi connectivity index (χ3v) is 1.64. The monoisotopic (exact) mass is 199 g/mol. The summed E-state index contributed by atoms with van der Waals surface area (Å²) >= 11 is 0. The highest BCUT2D eigenvalue weighted by Crippen LogP contribution is 2.37. The largest absolute Gasteiger partial charge is 0.487 e. The van der Waals surface area contributed by atoms with E-state index >= 15 is 0 Å². The number of carbonyl (C=O) groups excluding carboxylic acids is 1. The van der Waals surface area contributed by atoms with E-state index in [1.165, 1.54) is 0 Å². The van der Waals surface area contributed by atoms with Crippen LogP contribution in [0, 0.1) is 13.8 Å². The third-order valence-electron chi connectivity index (χ3n) is 1.64. The molecule has 0 bridgehead atoms. The van der Waals surface area contributed by atoms with Gasteiger partial charge in [0.15, 0.2) is 0 Å². The van der Waals surface area contributed by atoms with Crippen molar-refractivity contribution in [2.24, 2.45) is 5.73 Å². The molecule has 0 spiro atoms. The molecule has 0 radical (unpaired) electrons. The Morgan fingerprint density at radius 1 is 1.36 bits per heavy atom. The predicted molar refractivity (Wildman–Crippen MR) is 49.6 cm³/mol. The van der Waals surface area contributed by atoms with E-state index in [0.717, 1.165) is 0 Å². The molecule has 78 valence electrons. The maximum Gasteiger partial charge on any atom is 0.410 e. The number of primary amides is 1. The van der Waals surface area contributed by atoms with Gasteiger partial charge in [-0.2, -0.15) is 0 Å². The second kappa shape index (κ2) is 4.04. The highest BCUT2D eigenvalue weighted by atomic mass is 16.6. The summed E-state index contributed by atoms with van der Waals surface area (Å²) in [6.07, 6.45) is -0.880. The van der Waals surface area contributed by atoms with Crippen molar-refractivity contribution in [1.82, 2.24) is 0 Å². The van der Waals surface area contributed by atoms with E-state index in [1.54, 1.807) is 13.8 Å². The zero-order valence-electron chi connectivity index (χ0n) is 8.42. The van der Waals surface area contributed by atoms with E-state index in [-0.39, 0.29) is 5.75 Å². The van der Waals surface area contributed by atoms with Crippen molar-refractivity contribution in [2.45, 2.75) is 20.8 Å². The average molecular weight is 199 g/mol. The Bertz CT molecular complexity index is 343. The number of ether oxygens (including phenoxy) is 2. The molecule has 0 saturated heterocycles. The number of rotatable bonds is 3. The molecule has 5 heteroatoms. The van der Waals surface area contributed by atoms with Crippen LogP contribution in [0.1, 0.15) is 18.4 Å². The van der Waals surface area contributed by atoms with Crippen LogP contribution in [0.3, 0.4) is 0 Å². The van der Waals surface area contributed by atoms with E-state index in [2.05, 4.69) is 0 Å². The fraction of sp³-hybridized carbons (Fsp3) is 0.444. The Balaban J connectivity index is 3.04. The number of nitrogens with two attached hydrogens (primary N) is 1. The first-order valence-electron chi connectivity index (χ1n) is 4.26. The SMILES string of the molecule is CCOc1c(C)oc(C)c1OC(N)=O. The molecule has 0 aliphatic carbocycles. The van der Waals surface area contributed by atoms with Gasteiger partial charge >= 0.3 is 6.09 Å². The van der Waals surface area contributed by atoms with Gasteiger partial charge in [0.25, 0.3) is 0 Å². The summed E-state index contributed by atoms with van der Waals surface area (Å²) < 4.78 is 15.3. The number of hydrogen-bond acceptors (Lipinski definition) is 4. The average Bonchev–Trinajstić information content (AvgIpc) is 2.31. The van der Waals surface area contributed by atoms with E-state index in [1.807, 2.05) is 6.92 Å². The van der Waals surface area contributed by atoms with Crippen LogP contribution in [-0.2, 0) is 0 Å². The van der Waals surface area contributed by atoms with E-state index in [0.29, 0.717) is 23.9 Å². The molecule has 0 aliphatic rings. The van der Waals surface area contributed by atoms with Crippen molar-refractivity contribution >= 4 is 6.09 Å². The summed E-state index contributed by atoms with van der Waals surface area (Å²) in [7, 11) is 0. The van der Waals surface area contributed by atoms with Crippen LogP contribution in [0.2, 0.25) is 0 Å².